The van der Waals surface area contributed by atoms with Crippen molar-refractivity contribution in [2.45, 2.75) is 52.4 Å². The minimum absolute atomic E-state index is 0. The normalized spacial score (nSPS) is 14.5. The molecule has 1 fully saturated rings. The number of nitrogens with one attached hydrogen (secondary N) is 2. The minimum atomic E-state index is 0. The van der Waals surface area contributed by atoms with Crippen molar-refractivity contribution < 1.29 is 14.3 Å². The van der Waals surface area contributed by atoms with Gasteiger partial charge in [-0.1, -0.05) is 20.3 Å². The molecule has 8 nitrogen and oxygen atoms in total. The highest BCUT2D eigenvalue weighted by molar-refractivity contribution is 14.0. The lowest BCUT2D eigenvalue weighted by atomic mass is 10.1. The van der Waals surface area contributed by atoms with E-state index in [1.54, 1.807) is 14.2 Å². The van der Waals surface area contributed by atoms with Crippen molar-refractivity contribution in [1.82, 2.24) is 20.4 Å². The number of methoxy groups -OCH3 is 1. The molecule has 1 aliphatic heterocycles. The van der Waals surface area contributed by atoms with E-state index in [-0.39, 0.29) is 35.8 Å². The summed E-state index contributed by atoms with van der Waals surface area (Å²) < 4.78 is 5.03. The van der Waals surface area contributed by atoms with E-state index < -0.39 is 0 Å². The number of unbranched alkanes of at least 4 members (excludes halogenated alkanes) is 2. The number of nitrogens with zero attached hydrogens (tertiary/aromatic N) is 3. The highest BCUT2D eigenvalue weighted by Gasteiger charge is 2.23. The molecular formula is C21H42IN5O3. The van der Waals surface area contributed by atoms with Gasteiger partial charge < -0.3 is 25.2 Å². The number of piperazine rings is 1. The predicted molar refractivity (Wildman–Crippen MR) is 132 cm³/mol. The highest BCUT2D eigenvalue weighted by Crippen LogP contribution is 2.10. The first-order valence-electron chi connectivity index (χ1n) is 11.0. The smallest absolute Gasteiger partial charge is 0.222 e. The van der Waals surface area contributed by atoms with Gasteiger partial charge in [0.15, 0.2) is 5.96 Å². The number of ether oxygens (including phenoxy) is 1. The fourth-order valence-corrected chi connectivity index (χ4v) is 3.27. The molecule has 0 radical (unpaired) electrons. The molecular weight excluding hydrogens is 497 g/mol. The van der Waals surface area contributed by atoms with Crippen molar-refractivity contribution in [3.63, 3.8) is 0 Å². The average molecular weight is 540 g/mol. The summed E-state index contributed by atoms with van der Waals surface area (Å²) in [4.78, 5) is 32.5. The molecule has 1 rings (SSSR count). The molecule has 0 aromatic rings. The minimum Gasteiger partial charge on any atom is -0.385 e. The van der Waals surface area contributed by atoms with Crippen molar-refractivity contribution in [3.8, 4) is 0 Å². The average Bonchev–Trinajstić information content (AvgIpc) is 2.71. The highest BCUT2D eigenvalue weighted by atomic mass is 127. The van der Waals surface area contributed by atoms with Crippen LogP contribution in [-0.4, -0.2) is 87.6 Å². The van der Waals surface area contributed by atoms with E-state index in [0.29, 0.717) is 44.9 Å². The lowest BCUT2D eigenvalue weighted by Gasteiger charge is -2.35. The zero-order chi connectivity index (χ0) is 21.5. The van der Waals surface area contributed by atoms with Gasteiger partial charge in [0.25, 0.3) is 0 Å². The summed E-state index contributed by atoms with van der Waals surface area (Å²) in [6, 6.07) is 0. The molecule has 0 aromatic heterocycles. The lowest BCUT2D eigenvalue weighted by Crippen LogP contribution is -2.50. The molecule has 1 aliphatic rings. The number of hydrogen-bond acceptors (Lipinski definition) is 4. The summed E-state index contributed by atoms with van der Waals surface area (Å²) >= 11 is 0. The summed E-state index contributed by atoms with van der Waals surface area (Å²) in [6.07, 6.45) is 5.03. The first kappa shape index (κ1) is 28.9. The number of aliphatic imine (C=N–C) groups is 1. The lowest BCUT2D eigenvalue weighted by molar-refractivity contribution is -0.140. The van der Waals surface area contributed by atoms with Crippen LogP contribution in [0.25, 0.3) is 0 Å². The third kappa shape index (κ3) is 12.6. The second-order valence-corrected chi connectivity index (χ2v) is 7.94. The molecule has 9 heteroatoms. The third-order valence-corrected chi connectivity index (χ3v) is 4.97. The van der Waals surface area contributed by atoms with Crippen LogP contribution in [0.15, 0.2) is 4.99 Å². The molecule has 1 saturated heterocycles. The Hall–Kier alpha value is -1.10. The Kier molecular flexibility index (Phi) is 16.9. The number of rotatable bonds is 12. The van der Waals surface area contributed by atoms with Gasteiger partial charge in [-0.3, -0.25) is 14.6 Å². The van der Waals surface area contributed by atoms with E-state index >= 15 is 0 Å². The van der Waals surface area contributed by atoms with Crippen molar-refractivity contribution in [2.24, 2.45) is 10.9 Å². The molecule has 0 unspecified atom stereocenters. The summed E-state index contributed by atoms with van der Waals surface area (Å²) in [5.74, 6) is 1.61. The maximum atomic E-state index is 12.4. The molecule has 2 N–H and O–H groups in total. The van der Waals surface area contributed by atoms with E-state index in [1.807, 2.05) is 9.80 Å². The number of halogens is 1. The van der Waals surface area contributed by atoms with Crippen LogP contribution in [0.3, 0.4) is 0 Å². The Labute approximate surface area is 199 Å². The van der Waals surface area contributed by atoms with Gasteiger partial charge in [-0.05, 0) is 25.2 Å². The molecule has 0 bridgehead atoms. The third-order valence-electron chi connectivity index (χ3n) is 4.97. The summed E-state index contributed by atoms with van der Waals surface area (Å²) in [7, 11) is 3.47. The molecule has 0 aromatic carbocycles. The predicted octanol–water partition coefficient (Wildman–Crippen LogP) is 2.08. The molecule has 30 heavy (non-hydrogen) atoms. The second-order valence-electron chi connectivity index (χ2n) is 7.94. The zero-order valence-corrected chi connectivity index (χ0v) is 21.6. The largest absolute Gasteiger partial charge is 0.385 e. The Morgan fingerprint density at radius 3 is 2.03 bits per heavy atom. The first-order chi connectivity index (χ1) is 14.0. The van der Waals surface area contributed by atoms with Crippen LogP contribution in [0, 0.1) is 5.92 Å². The summed E-state index contributed by atoms with van der Waals surface area (Å²) in [5, 5.41) is 6.54. The standard InChI is InChI=1S/C21H41N5O3.HI/c1-18(2)17-20(28)26-14-12-25(13-15-26)19(27)9-6-5-7-10-23-21(22-3)24-11-8-16-29-4;/h18H,5-17H2,1-4H3,(H2,22,23,24);1H. The van der Waals surface area contributed by atoms with E-state index in [0.717, 1.165) is 51.3 Å². The molecule has 176 valence electrons. The number of hydrogen-bond donors (Lipinski definition) is 2. The Morgan fingerprint density at radius 1 is 0.933 bits per heavy atom. The van der Waals surface area contributed by atoms with E-state index in [4.69, 9.17) is 4.74 Å². The zero-order valence-electron chi connectivity index (χ0n) is 19.2. The summed E-state index contributed by atoms with van der Waals surface area (Å²) in [6.45, 7) is 9.18. The Balaban J connectivity index is 0.00000841. The van der Waals surface area contributed by atoms with Crippen LogP contribution in [-0.2, 0) is 14.3 Å². The summed E-state index contributed by atoms with van der Waals surface area (Å²) in [5.41, 5.74) is 0. The van der Waals surface area contributed by atoms with Crippen LogP contribution in [0.2, 0.25) is 0 Å². The Bertz CT molecular complexity index is 509. The Morgan fingerprint density at radius 2 is 1.50 bits per heavy atom. The van der Waals surface area contributed by atoms with Crippen LogP contribution in [0.4, 0.5) is 0 Å². The molecule has 0 saturated carbocycles. The van der Waals surface area contributed by atoms with Crippen LogP contribution in [0.1, 0.15) is 52.4 Å². The van der Waals surface area contributed by atoms with Crippen LogP contribution in [0.5, 0.6) is 0 Å². The quantitative estimate of drug-likeness (QED) is 0.172. The maximum Gasteiger partial charge on any atom is 0.222 e. The van der Waals surface area contributed by atoms with E-state index in [1.165, 1.54) is 0 Å². The second kappa shape index (κ2) is 17.6. The van der Waals surface area contributed by atoms with Crippen molar-refractivity contribution in [2.75, 3.05) is 60.0 Å². The van der Waals surface area contributed by atoms with Gasteiger partial charge in [0.2, 0.25) is 11.8 Å². The number of guanidine groups is 1. The molecule has 0 atom stereocenters. The topological polar surface area (TPSA) is 86.3 Å². The number of carbonyl (C=O) groups excluding carboxylic acids is 2. The fourth-order valence-electron chi connectivity index (χ4n) is 3.27. The van der Waals surface area contributed by atoms with Gasteiger partial charge in [-0.15, -0.1) is 24.0 Å². The number of amides is 2. The van der Waals surface area contributed by atoms with Crippen LogP contribution < -0.4 is 10.6 Å². The van der Waals surface area contributed by atoms with Crippen molar-refractivity contribution in [1.29, 1.82) is 0 Å². The fraction of sp³-hybridized carbons (Fsp3) is 0.857. The monoisotopic (exact) mass is 539 g/mol. The van der Waals surface area contributed by atoms with Crippen LogP contribution >= 0.6 is 24.0 Å². The van der Waals surface area contributed by atoms with Gasteiger partial charge in [-0.2, -0.15) is 0 Å². The van der Waals surface area contributed by atoms with Gasteiger partial charge in [0.1, 0.15) is 0 Å². The van der Waals surface area contributed by atoms with Crippen molar-refractivity contribution >= 4 is 41.8 Å². The molecule has 0 aliphatic carbocycles. The van der Waals surface area contributed by atoms with E-state index in [9.17, 15) is 9.59 Å². The SMILES string of the molecule is CN=C(NCCCCCC(=O)N1CCN(C(=O)CC(C)C)CC1)NCCCOC.I. The molecule has 1 heterocycles. The van der Waals surface area contributed by atoms with Crippen molar-refractivity contribution in [3.05, 3.63) is 0 Å². The van der Waals surface area contributed by atoms with Gasteiger partial charge in [-0.25, -0.2) is 0 Å². The number of carbonyl (C=O) groups is 2. The molecule has 0 spiro atoms. The molecule has 2 amide bonds. The van der Waals surface area contributed by atoms with E-state index in [2.05, 4.69) is 29.5 Å². The van der Waals surface area contributed by atoms with Gasteiger partial charge in [0, 0.05) is 72.9 Å². The van der Waals surface area contributed by atoms with Gasteiger partial charge in [0.05, 0.1) is 0 Å². The maximum absolute atomic E-state index is 12.4. The van der Waals surface area contributed by atoms with Gasteiger partial charge >= 0.3 is 0 Å². The first-order valence-corrected chi connectivity index (χ1v) is 11.0.